The normalized spacial score (nSPS) is 12.4. The minimum Gasteiger partial charge on any atom is -0.303 e. The molecule has 0 unspecified atom stereocenters. The highest BCUT2D eigenvalue weighted by Gasteiger charge is 2.17. The first-order chi connectivity index (χ1) is 9.90. The molecule has 4 heteroatoms. The number of hydrogen-bond donors (Lipinski definition) is 0. The molecule has 2 aromatic carbocycles. The predicted molar refractivity (Wildman–Crippen MR) is 77.4 cm³/mol. The van der Waals surface area contributed by atoms with Gasteiger partial charge in [-0.25, -0.2) is 4.68 Å². The molecule has 0 N–H and O–H groups in total. The van der Waals surface area contributed by atoms with E-state index in [4.69, 9.17) is 0 Å². The number of benzene rings is 2. The summed E-state index contributed by atoms with van der Waals surface area (Å²) in [5.74, 6) is 0. The number of rotatable bonds is 5. The summed E-state index contributed by atoms with van der Waals surface area (Å²) in [7, 11) is 0. The molecule has 0 saturated heterocycles. The molecule has 0 amide bonds. The van der Waals surface area contributed by atoms with E-state index in [0.29, 0.717) is 6.42 Å². The number of nitrogens with zero attached hydrogens (tertiary/aromatic N) is 3. The third-order valence-electron chi connectivity index (χ3n) is 3.41. The SMILES string of the molecule is O=CCC[C@H](c1ccccc1)n1nnc2ccccc21. The fraction of sp³-hybridized carbons (Fsp3) is 0.188. The summed E-state index contributed by atoms with van der Waals surface area (Å²) in [6, 6.07) is 18.0. The zero-order valence-corrected chi connectivity index (χ0v) is 11.0. The number of para-hydroxylation sites is 1. The number of carbonyl (C=O) groups excluding carboxylic acids is 1. The van der Waals surface area contributed by atoms with Gasteiger partial charge in [0.05, 0.1) is 11.6 Å². The summed E-state index contributed by atoms with van der Waals surface area (Å²) in [4.78, 5) is 10.7. The highest BCUT2D eigenvalue weighted by molar-refractivity contribution is 5.74. The lowest BCUT2D eigenvalue weighted by atomic mass is 10.0. The van der Waals surface area contributed by atoms with Crippen LogP contribution in [0.3, 0.4) is 0 Å². The second-order valence-corrected chi connectivity index (χ2v) is 4.69. The summed E-state index contributed by atoms with van der Waals surface area (Å²) in [5.41, 5.74) is 3.01. The van der Waals surface area contributed by atoms with Crippen LogP contribution in [0.15, 0.2) is 54.6 Å². The van der Waals surface area contributed by atoms with Gasteiger partial charge in [0.1, 0.15) is 11.8 Å². The first-order valence-electron chi connectivity index (χ1n) is 6.68. The highest BCUT2D eigenvalue weighted by atomic mass is 16.1. The molecular weight excluding hydrogens is 250 g/mol. The van der Waals surface area contributed by atoms with Crippen LogP contribution in [0.1, 0.15) is 24.4 Å². The van der Waals surface area contributed by atoms with Gasteiger partial charge in [-0.15, -0.1) is 5.10 Å². The summed E-state index contributed by atoms with van der Waals surface area (Å²) >= 11 is 0. The van der Waals surface area contributed by atoms with Crippen LogP contribution in [0.25, 0.3) is 11.0 Å². The zero-order chi connectivity index (χ0) is 13.8. The maximum Gasteiger partial charge on any atom is 0.120 e. The van der Waals surface area contributed by atoms with Crippen LogP contribution in [-0.4, -0.2) is 21.3 Å². The lowest BCUT2D eigenvalue weighted by Crippen LogP contribution is -2.12. The van der Waals surface area contributed by atoms with Gasteiger partial charge in [-0.2, -0.15) is 0 Å². The van der Waals surface area contributed by atoms with Crippen LogP contribution < -0.4 is 0 Å². The first-order valence-corrected chi connectivity index (χ1v) is 6.68. The van der Waals surface area contributed by atoms with E-state index in [1.807, 2.05) is 47.1 Å². The monoisotopic (exact) mass is 265 g/mol. The Morgan fingerprint density at radius 1 is 1.05 bits per heavy atom. The van der Waals surface area contributed by atoms with Gasteiger partial charge >= 0.3 is 0 Å². The van der Waals surface area contributed by atoms with Gasteiger partial charge in [0.25, 0.3) is 0 Å². The second-order valence-electron chi connectivity index (χ2n) is 4.69. The van der Waals surface area contributed by atoms with Crippen molar-refractivity contribution in [1.82, 2.24) is 15.0 Å². The van der Waals surface area contributed by atoms with Gasteiger partial charge in [-0.1, -0.05) is 47.7 Å². The van der Waals surface area contributed by atoms with Crippen molar-refractivity contribution in [2.24, 2.45) is 0 Å². The highest BCUT2D eigenvalue weighted by Crippen LogP contribution is 2.25. The Hall–Kier alpha value is -2.49. The van der Waals surface area contributed by atoms with Crippen molar-refractivity contribution in [3.63, 3.8) is 0 Å². The molecule has 1 atom stereocenters. The van der Waals surface area contributed by atoms with Crippen LogP contribution in [0.2, 0.25) is 0 Å². The molecule has 4 nitrogen and oxygen atoms in total. The molecule has 0 aliphatic rings. The van der Waals surface area contributed by atoms with Crippen molar-refractivity contribution in [3.05, 3.63) is 60.2 Å². The molecule has 0 spiro atoms. The van der Waals surface area contributed by atoms with Crippen molar-refractivity contribution in [2.75, 3.05) is 0 Å². The van der Waals surface area contributed by atoms with E-state index in [0.717, 1.165) is 29.3 Å². The van der Waals surface area contributed by atoms with E-state index < -0.39 is 0 Å². The number of fused-ring (bicyclic) bond motifs is 1. The summed E-state index contributed by atoms with van der Waals surface area (Å²) in [6.45, 7) is 0. The lowest BCUT2D eigenvalue weighted by Gasteiger charge is -2.17. The van der Waals surface area contributed by atoms with Crippen LogP contribution in [0.5, 0.6) is 0 Å². The molecule has 0 fully saturated rings. The van der Waals surface area contributed by atoms with Gasteiger partial charge < -0.3 is 4.79 Å². The molecule has 1 heterocycles. The van der Waals surface area contributed by atoms with Gasteiger partial charge in [0.2, 0.25) is 0 Å². The number of hydrogen-bond acceptors (Lipinski definition) is 3. The third-order valence-corrected chi connectivity index (χ3v) is 3.41. The van der Waals surface area contributed by atoms with Crippen molar-refractivity contribution in [1.29, 1.82) is 0 Å². The minimum absolute atomic E-state index is 0.0359. The smallest absolute Gasteiger partial charge is 0.120 e. The Kier molecular flexibility index (Phi) is 3.54. The Bertz CT molecular complexity index is 706. The maximum absolute atomic E-state index is 10.7. The molecular formula is C16H15N3O. The zero-order valence-electron chi connectivity index (χ0n) is 11.0. The van der Waals surface area contributed by atoms with Crippen LogP contribution >= 0.6 is 0 Å². The predicted octanol–water partition coefficient (Wildman–Crippen LogP) is 3.00. The van der Waals surface area contributed by atoms with Gasteiger partial charge in [0, 0.05) is 6.42 Å². The van der Waals surface area contributed by atoms with Crippen LogP contribution in [-0.2, 0) is 4.79 Å². The molecule has 0 aliphatic carbocycles. The summed E-state index contributed by atoms with van der Waals surface area (Å²) < 4.78 is 1.91. The Labute approximate surface area is 117 Å². The fourth-order valence-electron chi connectivity index (χ4n) is 2.45. The molecule has 0 bridgehead atoms. The Morgan fingerprint density at radius 2 is 1.80 bits per heavy atom. The van der Waals surface area contributed by atoms with Crippen LogP contribution in [0, 0.1) is 0 Å². The number of aromatic nitrogens is 3. The van der Waals surface area contributed by atoms with Gasteiger partial charge in [-0.3, -0.25) is 0 Å². The molecule has 0 radical (unpaired) electrons. The quantitative estimate of drug-likeness (QED) is 0.666. The molecule has 3 rings (SSSR count). The number of carbonyl (C=O) groups is 1. The largest absolute Gasteiger partial charge is 0.303 e. The average molecular weight is 265 g/mol. The minimum atomic E-state index is 0.0359. The molecule has 0 aliphatic heterocycles. The van der Waals surface area contributed by atoms with E-state index >= 15 is 0 Å². The average Bonchev–Trinajstić information content (AvgIpc) is 2.93. The van der Waals surface area contributed by atoms with E-state index in [1.54, 1.807) is 0 Å². The second kappa shape index (κ2) is 5.65. The first kappa shape index (κ1) is 12.5. The van der Waals surface area contributed by atoms with Crippen molar-refractivity contribution < 1.29 is 4.79 Å². The standard InChI is InChI=1S/C16H15N3O/c20-12-6-11-15(13-7-2-1-3-8-13)19-16-10-5-4-9-14(16)17-18-19/h1-5,7-10,12,15H,6,11H2/t15-/m1/s1. The van der Waals surface area contributed by atoms with Gasteiger partial charge in [0.15, 0.2) is 0 Å². The van der Waals surface area contributed by atoms with E-state index in [-0.39, 0.29) is 6.04 Å². The lowest BCUT2D eigenvalue weighted by molar-refractivity contribution is -0.108. The van der Waals surface area contributed by atoms with Crippen molar-refractivity contribution >= 4 is 17.3 Å². The van der Waals surface area contributed by atoms with E-state index in [1.165, 1.54) is 0 Å². The number of aldehydes is 1. The van der Waals surface area contributed by atoms with E-state index in [2.05, 4.69) is 22.4 Å². The Balaban J connectivity index is 2.07. The van der Waals surface area contributed by atoms with Crippen molar-refractivity contribution in [3.8, 4) is 0 Å². The molecule has 1 aromatic heterocycles. The third kappa shape index (κ3) is 2.32. The van der Waals surface area contributed by atoms with Crippen LogP contribution in [0.4, 0.5) is 0 Å². The molecule has 100 valence electrons. The van der Waals surface area contributed by atoms with Crippen molar-refractivity contribution in [2.45, 2.75) is 18.9 Å². The summed E-state index contributed by atoms with van der Waals surface area (Å²) in [6.07, 6.45) is 2.18. The topological polar surface area (TPSA) is 47.8 Å². The molecule has 20 heavy (non-hydrogen) atoms. The molecule has 3 aromatic rings. The summed E-state index contributed by atoms with van der Waals surface area (Å²) in [5, 5.41) is 8.47. The molecule has 0 saturated carbocycles. The maximum atomic E-state index is 10.7. The van der Waals surface area contributed by atoms with Gasteiger partial charge in [-0.05, 0) is 24.1 Å². The van der Waals surface area contributed by atoms with E-state index in [9.17, 15) is 4.79 Å². The Morgan fingerprint density at radius 3 is 2.60 bits per heavy atom. The fourth-order valence-corrected chi connectivity index (χ4v) is 2.45.